The van der Waals surface area contributed by atoms with Gasteiger partial charge in [-0.3, -0.25) is 4.79 Å². The molecule has 0 N–H and O–H groups in total. The molecule has 0 atom stereocenters. The third kappa shape index (κ3) is 2.84. The molecule has 0 bridgehead atoms. The van der Waals surface area contributed by atoms with Gasteiger partial charge in [-0.15, -0.1) is 0 Å². The molecule has 0 unspecified atom stereocenters. The molecule has 1 heteroatoms. The lowest BCUT2D eigenvalue weighted by molar-refractivity contribution is -0.104. The highest BCUT2D eigenvalue weighted by Crippen LogP contribution is 2.13. The third-order valence-corrected chi connectivity index (χ3v) is 2.16. The summed E-state index contributed by atoms with van der Waals surface area (Å²) < 4.78 is 0. The summed E-state index contributed by atoms with van der Waals surface area (Å²) in [6.07, 6.45) is 3.67. The molecule has 0 aliphatic heterocycles. The van der Waals surface area contributed by atoms with Gasteiger partial charge in [-0.25, -0.2) is 0 Å². The molecular weight excluding hydrogens is 172 g/mol. The number of hydrogen-bond acceptors (Lipinski definition) is 1. The number of carbonyl (C=O) groups excluding carboxylic acids is 1. The highest BCUT2D eigenvalue weighted by Gasteiger charge is 1.95. The Morgan fingerprint density at radius 3 is 2.21 bits per heavy atom. The maximum Gasteiger partial charge on any atom is 0.146 e. The lowest BCUT2D eigenvalue weighted by Gasteiger charge is -2.01. The van der Waals surface area contributed by atoms with Crippen molar-refractivity contribution in [1.29, 1.82) is 0 Å². The Kier molecular flexibility index (Phi) is 3.63. The molecule has 0 spiro atoms. The Balaban J connectivity index is 3.07. The monoisotopic (exact) mass is 188 g/mol. The zero-order valence-electron chi connectivity index (χ0n) is 9.00. The second-order valence-electron chi connectivity index (χ2n) is 3.61. The van der Waals surface area contributed by atoms with Gasteiger partial charge in [0.2, 0.25) is 0 Å². The maximum absolute atomic E-state index is 10.6. The van der Waals surface area contributed by atoms with E-state index in [-0.39, 0.29) is 0 Å². The van der Waals surface area contributed by atoms with E-state index in [9.17, 15) is 4.79 Å². The number of carbonyl (C=O) groups is 1. The SMILES string of the molecule is CCC(C=O)=Cc1cc(C)cc(C)c1. The summed E-state index contributed by atoms with van der Waals surface area (Å²) in [4.78, 5) is 10.6. The van der Waals surface area contributed by atoms with Gasteiger partial charge in [0.05, 0.1) is 0 Å². The first-order chi connectivity index (χ1) is 6.65. The van der Waals surface area contributed by atoms with Crippen molar-refractivity contribution in [2.45, 2.75) is 27.2 Å². The van der Waals surface area contributed by atoms with Crippen molar-refractivity contribution in [3.63, 3.8) is 0 Å². The molecule has 1 rings (SSSR count). The molecule has 0 aliphatic rings. The molecule has 0 radical (unpaired) electrons. The number of allylic oxidation sites excluding steroid dienone is 1. The number of hydrogen-bond donors (Lipinski definition) is 0. The lowest BCUT2D eigenvalue weighted by Crippen LogP contribution is -1.84. The average Bonchev–Trinajstić information content (AvgIpc) is 2.12. The van der Waals surface area contributed by atoms with Crippen LogP contribution >= 0.6 is 0 Å². The van der Waals surface area contributed by atoms with Crippen molar-refractivity contribution in [3.05, 3.63) is 40.5 Å². The van der Waals surface area contributed by atoms with Gasteiger partial charge in [-0.2, -0.15) is 0 Å². The van der Waals surface area contributed by atoms with Crippen LogP contribution in [0, 0.1) is 13.8 Å². The van der Waals surface area contributed by atoms with E-state index in [2.05, 4.69) is 32.0 Å². The quantitative estimate of drug-likeness (QED) is 0.525. The Hall–Kier alpha value is -1.37. The van der Waals surface area contributed by atoms with Crippen LogP contribution < -0.4 is 0 Å². The molecule has 0 fully saturated rings. The van der Waals surface area contributed by atoms with Crippen LogP contribution in [-0.2, 0) is 4.79 Å². The summed E-state index contributed by atoms with van der Waals surface area (Å²) in [6.45, 7) is 6.12. The largest absolute Gasteiger partial charge is 0.298 e. The zero-order chi connectivity index (χ0) is 10.6. The molecular formula is C13H16O. The van der Waals surface area contributed by atoms with Gasteiger partial charge in [0, 0.05) is 0 Å². The van der Waals surface area contributed by atoms with Crippen LogP contribution in [0.1, 0.15) is 30.0 Å². The molecule has 74 valence electrons. The maximum atomic E-state index is 10.6. The van der Waals surface area contributed by atoms with Crippen molar-refractivity contribution in [2.75, 3.05) is 0 Å². The average molecular weight is 188 g/mol. The molecule has 1 nitrogen and oxygen atoms in total. The van der Waals surface area contributed by atoms with E-state index in [1.165, 1.54) is 11.1 Å². The van der Waals surface area contributed by atoms with E-state index in [4.69, 9.17) is 0 Å². The lowest BCUT2D eigenvalue weighted by atomic mass is 10.0. The summed E-state index contributed by atoms with van der Waals surface area (Å²) in [5, 5.41) is 0. The minimum Gasteiger partial charge on any atom is -0.298 e. The van der Waals surface area contributed by atoms with E-state index in [1.54, 1.807) is 0 Å². The molecule has 1 aromatic rings. The number of benzene rings is 1. The Labute approximate surface area is 85.5 Å². The van der Waals surface area contributed by atoms with E-state index < -0.39 is 0 Å². The zero-order valence-corrected chi connectivity index (χ0v) is 9.00. The number of aldehydes is 1. The van der Waals surface area contributed by atoms with Gasteiger partial charge in [0.25, 0.3) is 0 Å². The molecule has 14 heavy (non-hydrogen) atoms. The normalized spacial score (nSPS) is 11.5. The van der Waals surface area contributed by atoms with Crippen molar-refractivity contribution >= 4 is 12.4 Å². The second kappa shape index (κ2) is 4.75. The summed E-state index contributed by atoms with van der Waals surface area (Å²) in [5.74, 6) is 0. The minimum absolute atomic E-state index is 0.788. The second-order valence-corrected chi connectivity index (χ2v) is 3.61. The molecule has 0 amide bonds. The van der Waals surface area contributed by atoms with Gasteiger partial charge in [0.1, 0.15) is 6.29 Å². The van der Waals surface area contributed by atoms with Gasteiger partial charge in [-0.05, 0) is 37.5 Å². The van der Waals surface area contributed by atoms with E-state index in [0.717, 1.165) is 23.8 Å². The van der Waals surface area contributed by atoms with Crippen molar-refractivity contribution < 1.29 is 4.79 Å². The third-order valence-electron chi connectivity index (χ3n) is 2.16. The van der Waals surface area contributed by atoms with Crippen LogP contribution in [0.25, 0.3) is 6.08 Å². The summed E-state index contributed by atoms with van der Waals surface area (Å²) in [6, 6.07) is 6.31. The van der Waals surface area contributed by atoms with E-state index in [0.29, 0.717) is 0 Å². The summed E-state index contributed by atoms with van der Waals surface area (Å²) in [7, 11) is 0. The number of aryl methyl sites for hydroxylation is 2. The topological polar surface area (TPSA) is 17.1 Å². The Morgan fingerprint density at radius 1 is 1.21 bits per heavy atom. The van der Waals surface area contributed by atoms with Crippen LogP contribution in [0.3, 0.4) is 0 Å². The van der Waals surface area contributed by atoms with Gasteiger partial charge in [0.15, 0.2) is 0 Å². The van der Waals surface area contributed by atoms with E-state index in [1.807, 2.05) is 13.0 Å². The first kappa shape index (κ1) is 10.7. The predicted molar refractivity (Wildman–Crippen MR) is 60.2 cm³/mol. The summed E-state index contributed by atoms with van der Waals surface area (Å²) in [5.41, 5.74) is 4.43. The first-order valence-electron chi connectivity index (χ1n) is 4.89. The van der Waals surface area contributed by atoms with Crippen LogP contribution in [-0.4, -0.2) is 6.29 Å². The minimum atomic E-state index is 0.788. The standard InChI is InChI=1S/C13H16O/c1-4-12(9-14)8-13-6-10(2)5-11(3)7-13/h5-9H,4H2,1-3H3. The fourth-order valence-corrected chi connectivity index (χ4v) is 1.53. The Bertz CT molecular complexity index is 341. The van der Waals surface area contributed by atoms with Crippen molar-refractivity contribution in [3.8, 4) is 0 Å². The smallest absolute Gasteiger partial charge is 0.146 e. The molecule has 0 saturated heterocycles. The highest BCUT2D eigenvalue weighted by molar-refractivity contribution is 5.81. The van der Waals surface area contributed by atoms with Gasteiger partial charge < -0.3 is 0 Å². The number of rotatable bonds is 3. The molecule has 0 heterocycles. The van der Waals surface area contributed by atoms with Gasteiger partial charge in [-0.1, -0.05) is 36.2 Å². The van der Waals surface area contributed by atoms with Crippen LogP contribution in [0.4, 0.5) is 0 Å². The van der Waals surface area contributed by atoms with Crippen molar-refractivity contribution in [2.24, 2.45) is 0 Å². The fraction of sp³-hybridized carbons (Fsp3) is 0.308. The molecule has 0 saturated carbocycles. The first-order valence-corrected chi connectivity index (χ1v) is 4.89. The van der Waals surface area contributed by atoms with Gasteiger partial charge >= 0.3 is 0 Å². The van der Waals surface area contributed by atoms with Crippen LogP contribution in [0.15, 0.2) is 23.8 Å². The molecule has 0 aromatic heterocycles. The molecule has 0 aliphatic carbocycles. The highest BCUT2D eigenvalue weighted by atomic mass is 16.1. The van der Waals surface area contributed by atoms with Crippen molar-refractivity contribution in [1.82, 2.24) is 0 Å². The summed E-state index contributed by atoms with van der Waals surface area (Å²) >= 11 is 0. The predicted octanol–water partition coefficient (Wildman–Crippen LogP) is 3.30. The van der Waals surface area contributed by atoms with Crippen LogP contribution in [0.2, 0.25) is 0 Å². The van der Waals surface area contributed by atoms with E-state index >= 15 is 0 Å². The molecule has 1 aromatic carbocycles. The Morgan fingerprint density at radius 2 is 1.79 bits per heavy atom. The fourth-order valence-electron chi connectivity index (χ4n) is 1.53. The van der Waals surface area contributed by atoms with Crippen LogP contribution in [0.5, 0.6) is 0 Å².